The van der Waals surface area contributed by atoms with Crippen molar-refractivity contribution in [2.45, 2.75) is 70.4 Å². The van der Waals surface area contributed by atoms with Crippen molar-refractivity contribution in [2.24, 2.45) is 0 Å². The number of benzene rings is 4. The monoisotopic (exact) mass is 767 g/mol. The van der Waals surface area contributed by atoms with Gasteiger partial charge in [0.25, 0.3) is 21.8 Å². The second kappa shape index (κ2) is 17.0. The molecule has 12 heteroatoms. The number of carbonyl (C=O) groups is 2. The van der Waals surface area contributed by atoms with E-state index in [9.17, 15) is 23.1 Å². The molecule has 0 saturated carbocycles. The van der Waals surface area contributed by atoms with Crippen LogP contribution in [0.25, 0.3) is 16.8 Å². The van der Waals surface area contributed by atoms with Crippen LogP contribution in [0.2, 0.25) is 5.02 Å². The van der Waals surface area contributed by atoms with E-state index in [2.05, 4.69) is 18.6 Å². The average Bonchev–Trinajstić information content (AvgIpc) is 3.58. The van der Waals surface area contributed by atoms with Crippen LogP contribution in [0.1, 0.15) is 77.2 Å². The van der Waals surface area contributed by atoms with Crippen molar-refractivity contribution in [1.82, 2.24) is 19.6 Å². The maximum Gasteiger partial charge on any atom is 0.274 e. The van der Waals surface area contributed by atoms with Crippen molar-refractivity contribution >= 4 is 39.1 Å². The first-order chi connectivity index (χ1) is 26.0. The molecular formula is C42H46ClN5O5S. The van der Waals surface area contributed by atoms with Gasteiger partial charge in [0.2, 0.25) is 0 Å². The zero-order valence-corrected chi connectivity index (χ0v) is 32.4. The summed E-state index contributed by atoms with van der Waals surface area (Å²) in [6, 6.07) is 27.5. The van der Waals surface area contributed by atoms with Gasteiger partial charge >= 0.3 is 0 Å². The Bertz CT molecular complexity index is 2210. The third-order valence-electron chi connectivity index (χ3n) is 9.83. The Hall–Kier alpha value is -4.97. The summed E-state index contributed by atoms with van der Waals surface area (Å²) in [7, 11) is -4.07. The summed E-state index contributed by atoms with van der Waals surface area (Å²) in [4.78, 5) is 31.9. The fourth-order valence-electron chi connectivity index (χ4n) is 6.78. The molecular weight excluding hydrogens is 722 g/mol. The predicted molar refractivity (Wildman–Crippen MR) is 213 cm³/mol. The lowest BCUT2D eigenvalue weighted by molar-refractivity contribution is 0.0544. The molecule has 0 bridgehead atoms. The molecule has 0 radical (unpaired) electrons. The van der Waals surface area contributed by atoms with Gasteiger partial charge in [-0.25, -0.2) is 13.1 Å². The fraction of sp³-hybridized carbons (Fsp3) is 0.310. The molecule has 6 rings (SSSR count). The van der Waals surface area contributed by atoms with Crippen LogP contribution >= 0.6 is 11.6 Å². The highest BCUT2D eigenvalue weighted by molar-refractivity contribution is 7.92. The quantitative estimate of drug-likeness (QED) is 0.118. The lowest BCUT2D eigenvalue weighted by Gasteiger charge is -2.36. The molecule has 1 aromatic heterocycles. The Morgan fingerprint density at radius 3 is 2.15 bits per heavy atom. The third kappa shape index (κ3) is 8.54. The first-order valence-electron chi connectivity index (χ1n) is 18.4. The number of fused-ring (bicyclic) bond motifs is 1. The zero-order valence-electron chi connectivity index (χ0n) is 30.8. The molecule has 0 aliphatic carbocycles. The van der Waals surface area contributed by atoms with E-state index < -0.39 is 22.0 Å². The van der Waals surface area contributed by atoms with Crippen LogP contribution < -0.4 is 4.72 Å². The van der Waals surface area contributed by atoms with Gasteiger partial charge < -0.3 is 14.9 Å². The number of rotatable bonds is 14. The Morgan fingerprint density at radius 2 is 1.52 bits per heavy atom. The number of aryl methyl sites for hydroxylation is 1. The van der Waals surface area contributed by atoms with Gasteiger partial charge in [0, 0.05) is 36.0 Å². The first-order valence-corrected chi connectivity index (χ1v) is 20.3. The topological polar surface area (TPSA) is 125 Å². The largest absolute Gasteiger partial charge is 0.394 e. The lowest BCUT2D eigenvalue weighted by Crippen LogP contribution is -2.46. The SMILES string of the molecule is CCCCN(CCCC)C(=O)c1cc(C)n(-c2ccc(NS(=O)(=O)c3ccc(-c4ccc(Cl)cc4)cc3)cc2C(=O)N2Cc3ccccc3C[C@H]2CO)n1. The molecule has 1 aliphatic rings. The standard InChI is InChI=1S/C42H46ClN5O5S/c1-4-6-22-46(23-7-5-2)42(51)39-24-29(3)48(44-39)40-21-18-35(26-38(40)41(50)47-27-33-11-9-8-10-32(33)25-36(47)28-49)45-54(52,53)37-19-14-31(15-20-37)30-12-16-34(43)17-13-30/h8-21,24,26,36,45,49H,4-7,22-23,25,27-28H2,1-3H3/t36-/m0/s1. The van der Waals surface area contributed by atoms with E-state index in [1.165, 1.54) is 18.2 Å². The van der Waals surface area contributed by atoms with Crippen molar-refractivity contribution in [1.29, 1.82) is 0 Å². The number of hydrogen-bond acceptors (Lipinski definition) is 6. The van der Waals surface area contributed by atoms with Crippen LogP contribution in [0.4, 0.5) is 5.69 Å². The van der Waals surface area contributed by atoms with Crippen molar-refractivity contribution < 1.29 is 23.1 Å². The number of halogens is 1. The highest BCUT2D eigenvalue weighted by Gasteiger charge is 2.32. The minimum atomic E-state index is -4.07. The number of carbonyl (C=O) groups excluding carboxylic acids is 2. The van der Waals surface area contributed by atoms with E-state index >= 15 is 0 Å². The predicted octanol–water partition coefficient (Wildman–Crippen LogP) is 7.90. The number of nitrogens with zero attached hydrogens (tertiary/aromatic N) is 4. The van der Waals surface area contributed by atoms with Crippen LogP contribution in [0.3, 0.4) is 0 Å². The average molecular weight is 768 g/mol. The van der Waals surface area contributed by atoms with Gasteiger partial charge in [0.1, 0.15) is 0 Å². The van der Waals surface area contributed by atoms with E-state index in [1.54, 1.807) is 52.0 Å². The Labute approximate surface area is 322 Å². The molecule has 2 heterocycles. The summed E-state index contributed by atoms with van der Waals surface area (Å²) in [6.07, 6.45) is 4.13. The summed E-state index contributed by atoms with van der Waals surface area (Å²) in [5.41, 5.74) is 5.39. The van der Waals surface area contributed by atoms with E-state index in [0.29, 0.717) is 35.9 Å². The number of aromatic nitrogens is 2. The molecule has 0 unspecified atom stereocenters. The highest BCUT2D eigenvalue weighted by atomic mass is 35.5. The summed E-state index contributed by atoms with van der Waals surface area (Å²) in [6.45, 7) is 7.26. The number of unbranched alkanes of at least 4 members (excludes halogenated alkanes) is 2. The number of nitrogens with one attached hydrogen (secondary N) is 1. The van der Waals surface area contributed by atoms with Gasteiger partial charge in [-0.05, 0) is 97.0 Å². The minimum absolute atomic E-state index is 0.0481. The maximum atomic E-state index is 14.7. The Kier molecular flexibility index (Phi) is 12.2. The second-order valence-corrected chi connectivity index (χ2v) is 15.8. The van der Waals surface area contributed by atoms with Crippen molar-refractivity contribution in [3.05, 3.63) is 130 Å². The molecule has 0 spiro atoms. The molecule has 10 nitrogen and oxygen atoms in total. The van der Waals surface area contributed by atoms with Crippen molar-refractivity contribution in [3.63, 3.8) is 0 Å². The van der Waals surface area contributed by atoms with E-state index in [1.807, 2.05) is 48.2 Å². The number of amides is 2. The molecule has 282 valence electrons. The van der Waals surface area contributed by atoms with Crippen molar-refractivity contribution in [3.8, 4) is 16.8 Å². The summed E-state index contributed by atoms with van der Waals surface area (Å²) in [5, 5.41) is 15.8. The van der Waals surface area contributed by atoms with Crippen molar-refractivity contribution in [2.75, 3.05) is 24.4 Å². The Morgan fingerprint density at radius 1 is 0.889 bits per heavy atom. The molecule has 0 saturated heterocycles. The lowest BCUT2D eigenvalue weighted by atomic mass is 9.93. The van der Waals surface area contributed by atoms with Crippen LogP contribution in [0, 0.1) is 6.92 Å². The number of aliphatic hydroxyl groups excluding tert-OH is 1. The number of hydrogen-bond donors (Lipinski definition) is 2. The summed E-state index contributed by atoms with van der Waals surface area (Å²) < 4.78 is 31.6. The number of sulfonamides is 1. The van der Waals surface area contributed by atoms with Gasteiger partial charge in [-0.15, -0.1) is 0 Å². The fourth-order valence-corrected chi connectivity index (χ4v) is 7.95. The van der Waals surface area contributed by atoms with Gasteiger partial charge in [0.05, 0.1) is 28.8 Å². The van der Waals surface area contributed by atoms with Gasteiger partial charge in [-0.3, -0.25) is 14.3 Å². The summed E-state index contributed by atoms with van der Waals surface area (Å²) in [5.74, 6) is -0.576. The molecule has 1 aliphatic heterocycles. The number of anilines is 1. The highest BCUT2D eigenvalue weighted by Crippen LogP contribution is 2.30. The van der Waals surface area contributed by atoms with Gasteiger partial charge in [-0.1, -0.05) is 86.8 Å². The third-order valence-corrected chi connectivity index (χ3v) is 11.5. The maximum absolute atomic E-state index is 14.7. The van der Waals surface area contributed by atoms with Crippen LogP contribution in [0.5, 0.6) is 0 Å². The van der Waals surface area contributed by atoms with E-state index in [0.717, 1.165) is 47.9 Å². The molecule has 0 fully saturated rings. The normalized spacial score (nSPS) is 14.1. The number of aliphatic hydroxyl groups is 1. The van der Waals surface area contributed by atoms with Gasteiger partial charge in [-0.2, -0.15) is 5.10 Å². The molecule has 4 aromatic carbocycles. The van der Waals surface area contributed by atoms with Crippen LogP contribution in [-0.2, 0) is 23.0 Å². The van der Waals surface area contributed by atoms with E-state index in [-0.39, 0.29) is 40.9 Å². The van der Waals surface area contributed by atoms with E-state index in [4.69, 9.17) is 16.7 Å². The molecule has 5 aromatic rings. The van der Waals surface area contributed by atoms with Gasteiger partial charge in [0.15, 0.2) is 5.69 Å². The van der Waals surface area contributed by atoms with Crippen LogP contribution in [-0.4, -0.2) is 70.7 Å². The van der Waals surface area contributed by atoms with Crippen LogP contribution in [0.15, 0.2) is 102 Å². The first kappa shape index (κ1) is 38.7. The minimum Gasteiger partial charge on any atom is -0.394 e. The molecule has 54 heavy (non-hydrogen) atoms. The smallest absolute Gasteiger partial charge is 0.274 e. The molecule has 1 atom stereocenters. The second-order valence-electron chi connectivity index (χ2n) is 13.7. The Balaban J connectivity index is 1.37. The molecule has 2 amide bonds. The zero-order chi connectivity index (χ0) is 38.4. The molecule has 2 N–H and O–H groups in total. The summed E-state index contributed by atoms with van der Waals surface area (Å²) >= 11 is 6.04.